The van der Waals surface area contributed by atoms with E-state index >= 15 is 0 Å². The SMILES string of the molecule is COc1cc(NC(=O)c2ccc(NN)cc2C)ccc1Br. The summed E-state index contributed by atoms with van der Waals surface area (Å²) in [6.45, 7) is 1.86. The van der Waals surface area contributed by atoms with E-state index in [2.05, 4.69) is 26.7 Å². The van der Waals surface area contributed by atoms with E-state index < -0.39 is 0 Å². The van der Waals surface area contributed by atoms with Gasteiger partial charge in [-0.3, -0.25) is 10.6 Å². The van der Waals surface area contributed by atoms with E-state index in [-0.39, 0.29) is 5.91 Å². The highest BCUT2D eigenvalue weighted by atomic mass is 79.9. The monoisotopic (exact) mass is 349 g/mol. The molecule has 0 spiro atoms. The van der Waals surface area contributed by atoms with Gasteiger partial charge in [0.25, 0.3) is 5.91 Å². The summed E-state index contributed by atoms with van der Waals surface area (Å²) in [7, 11) is 1.58. The number of anilines is 2. The molecule has 0 fully saturated rings. The number of rotatable bonds is 4. The molecule has 0 heterocycles. The van der Waals surface area contributed by atoms with Crippen molar-refractivity contribution < 1.29 is 9.53 Å². The molecule has 0 saturated heterocycles. The highest BCUT2D eigenvalue weighted by molar-refractivity contribution is 9.10. The van der Waals surface area contributed by atoms with E-state index in [9.17, 15) is 4.79 Å². The average molecular weight is 350 g/mol. The molecule has 4 N–H and O–H groups in total. The van der Waals surface area contributed by atoms with Crippen molar-refractivity contribution >= 4 is 33.2 Å². The van der Waals surface area contributed by atoms with Crippen molar-refractivity contribution in [3.8, 4) is 5.75 Å². The van der Waals surface area contributed by atoms with Crippen molar-refractivity contribution in [1.29, 1.82) is 0 Å². The predicted molar refractivity (Wildman–Crippen MR) is 87.6 cm³/mol. The van der Waals surface area contributed by atoms with Crippen molar-refractivity contribution in [2.75, 3.05) is 17.9 Å². The number of halogens is 1. The van der Waals surface area contributed by atoms with Crippen LogP contribution in [-0.4, -0.2) is 13.0 Å². The minimum Gasteiger partial charge on any atom is -0.495 e. The molecule has 0 aliphatic carbocycles. The van der Waals surface area contributed by atoms with Gasteiger partial charge in [0.05, 0.1) is 11.6 Å². The summed E-state index contributed by atoms with van der Waals surface area (Å²) in [6, 6.07) is 10.7. The minimum atomic E-state index is -0.180. The van der Waals surface area contributed by atoms with Crippen molar-refractivity contribution in [3.63, 3.8) is 0 Å². The Hall–Kier alpha value is -2.05. The number of aryl methyl sites for hydroxylation is 1. The fourth-order valence-electron chi connectivity index (χ4n) is 1.94. The molecule has 21 heavy (non-hydrogen) atoms. The molecule has 2 aromatic rings. The fourth-order valence-corrected chi connectivity index (χ4v) is 2.35. The Kier molecular flexibility index (Phi) is 4.82. The number of ether oxygens (including phenoxy) is 1. The predicted octanol–water partition coefficient (Wildman–Crippen LogP) is 3.30. The zero-order chi connectivity index (χ0) is 15.4. The molecule has 0 aliphatic rings. The number of nitrogens with two attached hydrogens (primary N) is 1. The molecule has 0 radical (unpaired) electrons. The van der Waals surface area contributed by atoms with Crippen LogP contribution in [0.15, 0.2) is 40.9 Å². The van der Waals surface area contributed by atoms with Crippen molar-refractivity contribution in [2.24, 2.45) is 5.84 Å². The number of hydrogen-bond acceptors (Lipinski definition) is 4. The number of nitrogen functional groups attached to an aromatic ring is 1. The molecule has 1 amide bonds. The lowest BCUT2D eigenvalue weighted by atomic mass is 10.1. The molecule has 110 valence electrons. The second kappa shape index (κ2) is 6.60. The van der Waals surface area contributed by atoms with Crippen LogP contribution in [0.25, 0.3) is 0 Å². The van der Waals surface area contributed by atoms with Crippen molar-refractivity contribution in [3.05, 3.63) is 52.0 Å². The third-order valence-corrected chi connectivity index (χ3v) is 3.70. The van der Waals surface area contributed by atoms with E-state index in [1.165, 1.54) is 0 Å². The molecular weight excluding hydrogens is 334 g/mol. The van der Waals surface area contributed by atoms with Gasteiger partial charge in [-0.15, -0.1) is 0 Å². The molecule has 2 aromatic carbocycles. The normalized spacial score (nSPS) is 10.1. The van der Waals surface area contributed by atoms with Crippen LogP contribution in [0.1, 0.15) is 15.9 Å². The van der Waals surface area contributed by atoms with Gasteiger partial charge in [0, 0.05) is 23.0 Å². The second-order valence-electron chi connectivity index (χ2n) is 4.48. The van der Waals surface area contributed by atoms with Crippen LogP contribution in [0.2, 0.25) is 0 Å². The van der Waals surface area contributed by atoms with Crippen LogP contribution in [0.3, 0.4) is 0 Å². The minimum absolute atomic E-state index is 0.180. The number of methoxy groups -OCH3 is 1. The maximum atomic E-state index is 12.3. The van der Waals surface area contributed by atoms with Gasteiger partial charge in [-0.1, -0.05) is 0 Å². The first-order chi connectivity index (χ1) is 10.0. The third kappa shape index (κ3) is 3.53. The topological polar surface area (TPSA) is 76.4 Å². The van der Waals surface area contributed by atoms with Crippen LogP contribution in [0.4, 0.5) is 11.4 Å². The van der Waals surface area contributed by atoms with E-state index in [0.717, 1.165) is 15.7 Å². The Balaban J connectivity index is 2.22. The number of carbonyl (C=O) groups excluding carboxylic acids is 1. The summed E-state index contributed by atoms with van der Waals surface area (Å²) in [6.07, 6.45) is 0. The van der Waals surface area contributed by atoms with Gasteiger partial charge >= 0.3 is 0 Å². The van der Waals surface area contributed by atoms with Gasteiger partial charge in [-0.2, -0.15) is 0 Å². The lowest BCUT2D eigenvalue weighted by Gasteiger charge is -2.11. The molecule has 0 unspecified atom stereocenters. The van der Waals surface area contributed by atoms with Gasteiger partial charge in [-0.25, -0.2) is 0 Å². The highest BCUT2D eigenvalue weighted by Crippen LogP contribution is 2.28. The first-order valence-corrected chi connectivity index (χ1v) is 7.06. The fraction of sp³-hybridized carbons (Fsp3) is 0.133. The van der Waals surface area contributed by atoms with Crippen LogP contribution in [0, 0.1) is 6.92 Å². The highest BCUT2D eigenvalue weighted by Gasteiger charge is 2.11. The van der Waals surface area contributed by atoms with Crippen molar-refractivity contribution in [2.45, 2.75) is 6.92 Å². The average Bonchev–Trinajstić information content (AvgIpc) is 2.48. The number of carbonyl (C=O) groups is 1. The van der Waals surface area contributed by atoms with E-state index in [1.54, 1.807) is 31.4 Å². The Morgan fingerprint density at radius 1 is 1.19 bits per heavy atom. The lowest BCUT2D eigenvalue weighted by Crippen LogP contribution is -2.14. The van der Waals surface area contributed by atoms with Gasteiger partial charge in [0.2, 0.25) is 0 Å². The van der Waals surface area contributed by atoms with Gasteiger partial charge in [0.15, 0.2) is 0 Å². The van der Waals surface area contributed by atoms with Crippen LogP contribution < -0.4 is 21.3 Å². The van der Waals surface area contributed by atoms with E-state index in [4.69, 9.17) is 10.6 Å². The molecule has 2 rings (SSSR count). The number of amides is 1. The summed E-state index contributed by atoms with van der Waals surface area (Å²) in [4.78, 5) is 12.3. The first kappa shape index (κ1) is 15.3. The van der Waals surface area contributed by atoms with Gasteiger partial charge in [0.1, 0.15) is 5.75 Å². The van der Waals surface area contributed by atoms with Crippen molar-refractivity contribution in [1.82, 2.24) is 0 Å². The van der Waals surface area contributed by atoms with Crippen LogP contribution in [0.5, 0.6) is 5.75 Å². The first-order valence-electron chi connectivity index (χ1n) is 6.27. The largest absolute Gasteiger partial charge is 0.495 e. The molecule has 0 bridgehead atoms. The van der Waals surface area contributed by atoms with Crippen LogP contribution in [-0.2, 0) is 0 Å². The third-order valence-electron chi connectivity index (χ3n) is 3.05. The molecule has 6 heteroatoms. The van der Waals surface area contributed by atoms with Crippen LogP contribution >= 0.6 is 15.9 Å². The molecule has 0 saturated carbocycles. The molecule has 0 aromatic heterocycles. The number of hydrazine groups is 1. The Bertz CT molecular complexity index is 674. The summed E-state index contributed by atoms with van der Waals surface area (Å²) in [5.41, 5.74) is 5.41. The summed E-state index contributed by atoms with van der Waals surface area (Å²) in [5, 5.41) is 2.85. The summed E-state index contributed by atoms with van der Waals surface area (Å²) < 4.78 is 6.04. The Morgan fingerprint density at radius 2 is 1.90 bits per heavy atom. The quantitative estimate of drug-likeness (QED) is 0.584. The summed E-state index contributed by atoms with van der Waals surface area (Å²) in [5.74, 6) is 5.82. The van der Waals surface area contributed by atoms with E-state index in [0.29, 0.717) is 17.0 Å². The maximum absolute atomic E-state index is 12.3. The maximum Gasteiger partial charge on any atom is 0.255 e. The number of benzene rings is 2. The summed E-state index contributed by atoms with van der Waals surface area (Å²) >= 11 is 3.37. The number of nitrogens with one attached hydrogen (secondary N) is 2. The zero-order valence-corrected chi connectivity index (χ0v) is 13.3. The Morgan fingerprint density at radius 3 is 2.52 bits per heavy atom. The van der Waals surface area contributed by atoms with E-state index in [1.807, 2.05) is 19.1 Å². The van der Waals surface area contributed by atoms with Gasteiger partial charge < -0.3 is 15.5 Å². The Labute approximate surface area is 131 Å². The zero-order valence-electron chi connectivity index (χ0n) is 11.7. The van der Waals surface area contributed by atoms with Gasteiger partial charge in [-0.05, 0) is 58.7 Å². The standard InChI is InChI=1S/C15H16BrN3O2/c1-9-7-11(19-17)3-5-12(9)15(20)18-10-4-6-13(16)14(8-10)21-2/h3-8,19H,17H2,1-2H3,(H,18,20). The smallest absolute Gasteiger partial charge is 0.255 e. The molecule has 0 atom stereocenters. The molecule has 5 nitrogen and oxygen atoms in total. The number of hydrogen-bond donors (Lipinski definition) is 3. The molecular formula is C15H16BrN3O2. The molecule has 0 aliphatic heterocycles. The lowest BCUT2D eigenvalue weighted by molar-refractivity contribution is 0.102. The second-order valence-corrected chi connectivity index (χ2v) is 5.33.